The summed E-state index contributed by atoms with van der Waals surface area (Å²) in [5.41, 5.74) is 1.13. The van der Waals surface area contributed by atoms with Crippen molar-refractivity contribution in [3.8, 4) is 0 Å². The summed E-state index contributed by atoms with van der Waals surface area (Å²) in [6, 6.07) is 9.81. The second-order valence-electron chi connectivity index (χ2n) is 3.82. The second-order valence-corrected chi connectivity index (χ2v) is 4.09. The zero-order chi connectivity index (χ0) is 14.1. The molecule has 0 bridgehead atoms. The first kappa shape index (κ1) is 15.4. The summed E-state index contributed by atoms with van der Waals surface area (Å²) >= 11 is 5.31. The van der Waals surface area contributed by atoms with E-state index in [-0.39, 0.29) is 5.88 Å². The molecule has 0 aliphatic carbocycles. The van der Waals surface area contributed by atoms with Gasteiger partial charge in [0.05, 0.1) is 0 Å². The van der Waals surface area contributed by atoms with Crippen LogP contribution in [-0.4, -0.2) is 30.9 Å². The van der Waals surface area contributed by atoms with Crippen molar-refractivity contribution in [1.29, 1.82) is 0 Å². The normalized spacial score (nSPS) is 12.3. The van der Waals surface area contributed by atoms with Crippen molar-refractivity contribution < 1.29 is 14.3 Å². The smallest absolute Gasteiger partial charge is 0.259 e. The average Bonchev–Trinajstić information content (AvgIpc) is 2.44. The predicted molar refractivity (Wildman–Crippen MR) is 74.0 cm³/mol. The standard InChI is InChI=1S/C14H16ClNO3/c1-19-12(14(18)16-13(17)10-15)9-5-8-11-6-3-2-4-7-11/h2-7,9,12H,8,10H2,1H3,(H,16,17,18)/b9-5+. The minimum absolute atomic E-state index is 0.254. The van der Waals surface area contributed by atoms with Gasteiger partial charge in [-0.3, -0.25) is 14.9 Å². The van der Waals surface area contributed by atoms with E-state index in [1.807, 2.05) is 36.4 Å². The third-order valence-corrected chi connectivity index (χ3v) is 2.65. The Morgan fingerprint density at radius 1 is 1.37 bits per heavy atom. The molecule has 1 atom stereocenters. The largest absolute Gasteiger partial charge is 0.367 e. The van der Waals surface area contributed by atoms with Crippen LogP contribution in [0.2, 0.25) is 0 Å². The van der Waals surface area contributed by atoms with Crippen LogP contribution >= 0.6 is 11.6 Å². The Hall–Kier alpha value is -1.65. The number of alkyl halides is 1. The van der Waals surface area contributed by atoms with Gasteiger partial charge < -0.3 is 4.74 Å². The van der Waals surface area contributed by atoms with Gasteiger partial charge in [0.2, 0.25) is 5.91 Å². The molecule has 0 radical (unpaired) electrons. The van der Waals surface area contributed by atoms with E-state index in [1.54, 1.807) is 6.08 Å². The number of halogens is 1. The molecule has 0 fully saturated rings. The lowest BCUT2D eigenvalue weighted by atomic mass is 10.1. The first-order valence-corrected chi connectivity index (χ1v) is 6.34. The highest BCUT2D eigenvalue weighted by Crippen LogP contribution is 2.02. The number of allylic oxidation sites excluding steroid dienone is 1. The van der Waals surface area contributed by atoms with Crippen LogP contribution in [0.4, 0.5) is 0 Å². The molecule has 0 saturated heterocycles. The van der Waals surface area contributed by atoms with Gasteiger partial charge >= 0.3 is 0 Å². The molecule has 0 aromatic heterocycles. The monoisotopic (exact) mass is 281 g/mol. The van der Waals surface area contributed by atoms with Gasteiger partial charge in [0, 0.05) is 7.11 Å². The molecule has 5 heteroatoms. The Labute approximate surface area is 117 Å². The Morgan fingerprint density at radius 3 is 2.63 bits per heavy atom. The van der Waals surface area contributed by atoms with Gasteiger partial charge in [-0.1, -0.05) is 42.5 Å². The molecule has 4 nitrogen and oxygen atoms in total. The van der Waals surface area contributed by atoms with Crippen LogP contribution in [0.25, 0.3) is 0 Å². The number of hydrogen-bond donors (Lipinski definition) is 1. The van der Waals surface area contributed by atoms with Crippen molar-refractivity contribution >= 4 is 23.4 Å². The molecule has 1 aromatic rings. The molecule has 2 amide bonds. The zero-order valence-corrected chi connectivity index (χ0v) is 11.4. The molecule has 0 aliphatic rings. The van der Waals surface area contributed by atoms with Gasteiger partial charge in [-0.05, 0) is 12.0 Å². The average molecular weight is 282 g/mol. The van der Waals surface area contributed by atoms with Crippen molar-refractivity contribution in [3.63, 3.8) is 0 Å². The quantitative estimate of drug-likeness (QED) is 0.638. The van der Waals surface area contributed by atoms with Gasteiger partial charge in [0.15, 0.2) is 6.10 Å². The number of hydrogen-bond acceptors (Lipinski definition) is 3. The first-order chi connectivity index (χ1) is 9.17. The number of carbonyl (C=O) groups excluding carboxylic acids is 2. The number of benzene rings is 1. The van der Waals surface area contributed by atoms with Crippen LogP contribution in [0.15, 0.2) is 42.5 Å². The van der Waals surface area contributed by atoms with Crippen LogP contribution < -0.4 is 5.32 Å². The zero-order valence-electron chi connectivity index (χ0n) is 10.6. The predicted octanol–water partition coefficient (Wildman–Crippen LogP) is 1.68. The highest BCUT2D eigenvalue weighted by molar-refractivity contribution is 6.28. The Kier molecular flexibility index (Phi) is 6.85. The van der Waals surface area contributed by atoms with Crippen molar-refractivity contribution in [2.75, 3.05) is 13.0 Å². The third kappa shape index (κ3) is 5.68. The Balaban J connectivity index is 2.52. The molecule has 102 valence electrons. The van der Waals surface area contributed by atoms with Crippen molar-refractivity contribution in [2.45, 2.75) is 12.5 Å². The van der Waals surface area contributed by atoms with Crippen LogP contribution in [0, 0.1) is 0 Å². The third-order valence-electron chi connectivity index (χ3n) is 2.40. The molecule has 1 N–H and O–H groups in total. The first-order valence-electron chi connectivity index (χ1n) is 5.80. The Bertz CT molecular complexity index is 445. The highest BCUT2D eigenvalue weighted by Gasteiger charge is 2.16. The van der Waals surface area contributed by atoms with Gasteiger partial charge in [-0.25, -0.2) is 0 Å². The van der Waals surface area contributed by atoms with E-state index in [0.717, 1.165) is 5.56 Å². The molecule has 0 spiro atoms. The SMILES string of the molecule is COC(/C=C/Cc1ccccc1)C(=O)NC(=O)CCl. The van der Waals surface area contributed by atoms with Gasteiger partial charge in [0.1, 0.15) is 5.88 Å². The van der Waals surface area contributed by atoms with Crippen molar-refractivity contribution in [1.82, 2.24) is 5.32 Å². The minimum atomic E-state index is -0.795. The lowest BCUT2D eigenvalue weighted by Crippen LogP contribution is -2.39. The van der Waals surface area contributed by atoms with E-state index in [0.29, 0.717) is 6.42 Å². The van der Waals surface area contributed by atoms with Crippen LogP contribution in [0.1, 0.15) is 5.56 Å². The molecule has 19 heavy (non-hydrogen) atoms. The van der Waals surface area contributed by atoms with Gasteiger partial charge in [-0.15, -0.1) is 11.6 Å². The molecule has 0 saturated carbocycles. The molecule has 0 heterocycles. The number of rotatable bonds is 6. The minimum Gasteiger partial charge on any atom is -0.367 e. The van der Waals surface area contributed by atoms with E-state index < -0.39 is 17.9 Å². The molecular weight excluding hydrogens is 266 g/mol. The summed E-state index contributed by atoms with van der Waals surface area (Å²) in [5, 5.41) is 2.14. The summed E-state index contributed by atoms with van der Waals surface area (Å²) in [7, 11) is 1.41. The van der Waals surface area contributed by atoms with E-state index >= 15 is 0 Å². The van der Waals surface area contributed by atoms with E-state index in [1.165, 1.54) is 7.11 Å². The lowest BCUT2D eigenvalue weighted by Gasteiger charge is -2.09. The number of methoxy groups -OCH3 is 1. The summed E-state index contributed by atoms with van der Waals surface area (Å²) in [5.74, 6) is -1.31. The summed E-state index contributed by atoms with van der Waals surface area (Å²) in [6.45, 7) is 0. The fourth-order valence-electron chi connectivity index (χ4n) is 1.46. The van der Waals surface area contributed by atoms with Gasteiger partial charge in [-0.2, -0.15) is 0 Å². The second kappa shape index (κ2) is 8.45. The topological polar surface area (TPSA) is 55.4 Å². The Morgan fingerprint density at radius 2 is 2.05 bits per heavy atom. The number of amides is 2. The highest BCUT2D eigenvalue weighted by atomic mass is 35.5. The summed E-state index contributed by atoms with van der Waals surface area (Å²) < 4.78 is 5.00. The van der Waals surface area contributed by atoms with E-state index in [2.05, 4.69) is 5.32 Å². The maximum absolute atomic E-state index is 11.6. The van der Waals surface area contributed by atoms with Crippen LogP contribution in [0.5, 0.6) is 0 Å². The van der Waals surface area contributed by atoms with E-state index in [4.69, 9.17) is 16.3 Å². The van der Waals surface area contributed by atoms with Crippen molar-refractivity contribution in [3.05, 3.63) is 48.0 Å². The maximum atomic E-state index is 11.6. The number of imide groups is 1. The van der Waals surface area contributed by atoms with Crippen molar-refractivity contribution in [2.24, 2.45) is 0 Å². The molecule has 1 rings (SSSR count). The fourth-order valence-corrected chi connectivity index (χ4v) is 1.52. The summed E-state index contributed by atoms with van der Waals surface area (Å²) in [4.78, 5) is 22.6. The van der Waals surface area contributed by atoms with Crippen LogP contribution in [-0.2, 0) is 20.7 Å². The van der Waals surface area contributed by atoms with Gasteiger partial charge in [0.25, 0.3) is 5.91 Å². The fraction of sp³-hybridized carbons (Fsp3) is 0.286. The lowest BCUT2D eigenvalue weighted by molar-refractivity contribution is -0.134. The molecule has 0 aliphatic heterocycles. The summed E-state index contributed by atoms with van der Waals surface area (Å²) in [6.07, 6.45) is 3.34. The molecule has 1 unspecified atom stereocenters. The number of carbonyl (C=O) groups is 2. The number of ether oxygens (including phenoxy) is 1. The van der Waals surface area contributed by atoms with Crippen LogP contribution in [0.3, 0.4) is 0 Å². The van der Waals surface area contributed by atoms with E-state index in [9.17, 15) is 9.59 Å². The molecular formula is C14H16ClNO3. The number of nitrogens with one attached hydrogen (secondary N) is 1. The maximum Gasteiger partial charge on any atom is 0.259 e. The molecule has 1 aromatic carbocycles.